The first-order valence-corrected chi connectivity index (χ1v) is 20.9. The van der Waals surface area contributed by atoms with Crippen LogP contribution in [0.5, 0.6) is 0 Å². The van der Waals surface area contributed by atoms with Gasteiger partial charge >= 0.3 is 0 Å². The van der Waals surface area contributed by atoms with E-state index >= 15 is 0 Å². The fraction of sp³-hybridized carbons (Fsp3) is 0.0566. The van der Waals surface area contributed by atoms with Crippen LogP contribution in [0.3, 0.4) is 0 Å². The average Bonchev–Trinajstić information content (AvgIpc) is 3.82. The second-order valence-corrected chi connectivity index (χ2v) is 16.7. The number of aromatic nitrogens is 1. The molecule has 0 saturated carbocycles. The Morgan fingerprint density at radius 1 is 0.559 bits per heavy atom. The molecule has 6 heteroatoms. The minimum Gasteiger partial charge on any atom is -0.378 e. The molecule has 0 amide bonds. The molecule has 0 unspecified atom stereocenters. The van der Waals surface area contributed by atoms with E-state index in [4.69, 9.17) is 0 Å². The van der Waals surface area contributed by atoms with Crippen molar-refractivity contribution in [3.8, 4) is 27.9 Å². The molecule has 281 valence electrons. The van der Waals surface area contributed by atoms with Crippen LogP contribution in [0.15, 0.2) is 182 Å². The van der Waals surface area contributed by atoms with Crippen molar-refractivity contribution in [2.45, 2.75) is 6.92 Å². The number of nitrogens with one attached hydrogen (secondary N) is 1. The Morgan fingerprint density at radius 2 is 1.22 bits per heavy atom. The summed E-state index contributed by atoms with van der Waals surface area (Å²) in [6.45, 7) is 2.29. The first-order chi connectivity index (χ1) is 29.0. The minimum absolute atomic E-state index is 1.06. The smallest absolute Gasteiger partial charge is 0.211 e. The quantitative estimate of drug-likeness (QED) is 0.156. The van der Waals surface area contributed by atoms with Gasteiger partial charge in [-0.05, 0) is 124 Å². The van der Waals surface area contributed by atoms with Gasteiger partial charge in [0.25, 0.3) is 0 Å². The van der Waals surface area contributed by atoms with Gasteiger partial charge in [-0.3, -0.25) is 0 Å². The summed E-state index contributed by atoms with van der Waals surface area (Å²) in [7, 11) is 6.61. The fourth-order valence-electron chi connectivity index (χ4n) is 8.97. The molecule has 2 aromatic heterocycles. The van der Waals surface area contributed by atoms with Gasteiger partial charge in [-0.25, -0.2) is 0 Å². The topological polar surface area (TPSA) is 23.4 Å². The largest absolute Gasteiger partial charge is 0.378 e. The molecule has 0 atom stereocenters. The number of aryl methyl sites for hydroxylation is 1. The van der Waals surface area contributed by atoms with Gasteiger partial charge in [-0.1, -0.05) is 97.1 Å². The van der Waals surface area contributed by atoms with E-state index in [-0.39, 0.29) is 0 Å². The Balaban J connectivity index is 1.17. The molecule has 1 N–H and O–H groups in total. The van der Waals surface area contributed by atoms with Crippen molar-refractivity contribution in [3.63, 3.8) is 0 Å². The Bertz CT molecular complexity index is 3150. The molecule has 59 heavy (non-hydrogen) atoms. The van der Waals surface area contributed by atoms with Crippen molar-refractivity contribution in [1.29, 1.82) is 0 Å². The predicted molar refractivity (Wildman–Crippen MR) is 256 cm³/mol. The number of nitrogens with zero attached hydrogens (tertiary/aromatic N) is 3. The maximum Gasteiger partial charge on any atom is 0.211 e. The molecule has 11 rings (SSSR count). The van der Waals surface area contributed by atoms with Crippen molar-refractivity contribution in [2.24, 2.45) is 0 Å². The summed E-state index contributed by atoms with van der Waals surface area (Å²) in [5.41, 5.74) is 17.7. The van der Waals surface area contributed by atoms with E-state index in [1.54, 1.807) is 0 Å². The second kappa shape index (κ2) is 14.1. The van der Waals surface area contributed by atoms with Gasteiger partial charge in [-0.2, -0.15) is 0 Å². The average molecular weight is 776 g/mol. The highest BCUT2D eigenvalue weighted by Gasteiger charge is 2.31. The van der Waals surface area contributed by atoms with Crippen LogP contribution < -0.4 is 25.4 Å². The number of thiophene rings is 1. The summed E-state index contributed by atoms with van der Waals surface area (Å²) in [5, 5.41) is 7.59. The molecular formula is C53H40BN4S. The van der Waals surface area contributed by atoms with E-state index in [0.29, 0.717) is 0 Å². The van der Waals surface area contributed by atoms with Crippen molar-refractivity contribution >= 4 is 94.9 Å². The lowest BCUT2D eigenvalue weighted by Gasteiger charge is -2.25. The van der Waals surface area contributed by atoms with E-state index in [2.05, 4.69) is 230 Å². The third-order valence-electron chi connectivity index (χ3n) is 11.7. The standard InChI is InChI=1S/C53H40BN4S/c1-34-31-43(42-21-13-14-22-46(42)55-37-24-26-38(27-25-37)56(2)3)50-52-49(34)44-33-41(57(39-17-9-5-10-18-39)40-19-11-6-12-20-40)28-29-47(44)58(52)51-45-32-36(35-15-7-4-8-16-35)23-30-48(45)59-53(51)54-50/h4-33,55H,1-3H3. The molecule has 1 radical (unpaired) electrons. The van der Waals surface area contributed by atoms with Crippen molar-refractivity contribution in [2.75, 3.05) is 29.2 Å². The lowest BCUT2D eigenvalue weighted by Crippen LogP contribution is -2.35. The number of para-hydroxylation sites is 3. The zero-order valence-electron chi connectivity index (χ0n) is 33.1. The van der Waals surface area contributed by atoms with E-state index in [0.717, 1.165) is 28.4 Å². The fourth-order valence-corrected chi connectivity index (χ4v) is 10.1. The van der Waals surface area contributed by atoms with E-state index < -0.39 is 0 Å². The predicted octanol–water partition coefficient (Wildman–Crippen LogP) is 12.9. The summed E-state index contributed by atoms with van der Waals surface area (Å²) in [6, 6.07) is 65.9. The summed E-state index contributed by atoms with van der Waals surface area (Å²) in [5.74, 6) is 0. The molecule has 8 aromatic carbocycles. The molecule has 0 aliphatic carbocycles. The Morgan fingerprint density at radius 3 is 1.93 bits per heavy atom. The first kappa shape index (κ1) is 35.2. The van der Waals surface area contributed by atoms with Gasteiger partial charge < -0.3 is 19.7 Å². The molecule has 0 fully saturated rings. The summed E-state index contributed by atoms with van der Waals surface area (Å²) < 4.78 is 5.13. The molecule has 3 heterocycles. The lowest BCUT2D eigenvalue weighted by molar-refractivity contribution is 1.13. The molecule has 10 aromatic rings. The Kier molecular flexibility index (Phi) is 8.42. The minimum atomic E-state index is 1.06. The Hall–Kier alpha value is -7.02. The number of hydrogen-bond donors (Lipinski definition) is 1. The molecule has 1 aliphatic heterocycles. The van der Waals surface area contributed by atoms with Crippen LogP contribution in [0.4, 0.5) is 34.1 Å². The molecule has 1 aliphatic rings. The van der Waals surface area contributed by atoms with Crippen molar-refractivity contribution < 1.29 is 0 Å². The summed E-state index contributed by atoms with van der Waals surface area (Å²) >= 11 is 1.88. The van der Waals surface area contributed by atoms with Gasteiger partial charge in [0.15, 0.2) is 0 Å². The first-order valence-electron chi connectivity index (χ1n) is 20.1. The molecular weight excluding hydrogens is 735 g/mol. The highest BCUT2D eigenvalue weighted by atomic mass is 32.1. The maximum absolute atomic E-state index is 3.79. The number of rotatable bonds is 8. The number of hydrogen-bond acceptors (Lipinski definition) is 4. The van der Waals surface area contributed by atoms with Gasteiger partial charge in [0.05, 0.1) is 11.2 Å². The number of benzene rings is 8. The number of anilines is 6. The SMILES string of the molecule is Cc1cc(-c2ccccc2Nc2ccc(N(C)C)cc2)c2c3c1c1cc(N(c4ccccc4)c4ccccc4)ccc1n3-c1c(sc3ccc(-c4ccccc4)cc13)[B]2. The molecule has 0 saturated heterocycles. The van der Waals surface area contributed by atoms with Crippen LogP contribution in [-0.4, -0.2) is 25.9 Å². The summed E-state index contributed by atoms with van der Waals surface area (Å²) in [4.78, 5) is 4.49. The van der Waals surface area contributed by atoms with E-state index in [1.807, 2.05) is 11.3 Å². The highest BCUT2D eigenvalue weighted by Crippen LogP contribution is 2.45. The zero-order chi connectivity index (χ0) is 39.6. The monoisotopic (exact) mass is 775 g/mol. The van der Waals surface area contributed by atoms with Gasteiger partial charge in [0, 0.05) is 80.2 Å². The lowest BCUT2D eigenvalue weighted by atomic mass is 9.63. The third kappa shape index (κ3) is 5.90. The molecule has 0 bridgehead atoms. The molecule has 0 spiro atoms. The van der Waals surface area contributed by atoms with Gasteiger partial charge in [0.2, 0.25) is 7.28 Å². The van der Waals surface area contributed by atoms with Crippen LogP contribution in [0.2, 0.25) is 0 Å². The maximum atomic E-state index is 3.79. The van der Waals surface area contributed by atoms with Crippen LogP contribution in [0, 0.1) is 6.92 Å². The van der Waals surface area contributed by atoms with Crippen LogP contribution in [0.25, 0.3) is 59.8 Å². The molecule has 4 nitrogen and oxygen atoms in total. The van der Waals surface area contributed by atoms with Crippen molar-refractivity contribution in [1.82, 2.24) is 4.57 Å². The summed E-state index contributed by atoms with van der Waals surface area (Å²) in [6.07, 6.45) is 0. The third-order valence-corrected chi connectivity index (χ3v) is 12.8. The van der Waals surface area contributed by atoms with Crippen LogP contribution in [0.1, 0.15) is 5.56 Å². The van der Waals surface area contributed by atoms with E-state index in [1.165, 1.54) is 81.3 Å². The van der Waals surface area contributed by atoms with Gasteiger partial charge in [-0.15, -0.1) is 11.3 Å². The second-order valence-electron chi connectivity index (χ2n) is 15.6. The van der Waals surface area contributed by atoms with Crippen LogP contribution in [-0.2, 0) is 0 Å². The van der Waals surface area contributed by atoms with Crippen molar-refractivity contribution in [3.05, 3.63) is 188 Å². The zero-order valence-corrected chi connectivity index (χ0v) is 34.0. The van der Waals surface area contributed by atoms with Crippen LogP contribution >= 0.6 is 11.3 Å². The number of fused-ring (bicyclic) bond motifs is 7. The van der Waals surface area contributed by atoms with E-state index in [9.17, 15) is 0 Å². The van der Waals surface area contributed by atoms with Gasteiger partial charge in [0.1, 0.15) is 0 Å². The highest BCUT2D eigenvalue weighted by molar-refractivity contribution is 7.29. The normalized spacial score (nSPS) is 11.8. The Labute approximate surface area is 349 Å².